The number of ketones is 1. The van der Waals surface area contributed by atoms with E-state index < -0.39 is 23.4 Å². The lowest BCUT2D eigenvalue weighted by Crippen LogP contribution is -2.29. The molecule has 6 nitrogen and oxygen atoms in total. The number of fused-ring (bicyclic) bond motifs is 1. The summed E-state index contributed by atoms with van der Waals surface area (Å²) < 4.78 is 27.2. The number of Topliss-reactive ketones (excluding diaryl/α,β-unsaturated/α-hetero) is 1. The summed E-state index contributed by atoms with van der Waals surface area (Å²) >= 11 is 0. The van der Waals surface area contributed by atoms with Crippen LogP contribution < -0.4 is 16.0 Å². The number of carbonyl (C=O) groups excluding carboxylic acids is 2. The largest absolute Gasteiger partial charge is 0.384 e. The van der Waals surface area contributed by atoms with Gasteiger partial charge in [-0.2, -0.15) is 0 Å². The Bertz CT molecular complexity index is 1090. The van der Waals surface area contributed by atoms with Gasteiger partial charge in [0.25, 0.3) is 0 Å². The van der Waals surface area contributed by atoms with Crippen molar-refractivity contribution in [2.24, 2.45) is 5.92 Å². The van der Waals surface area contributed by atoms with Gasteiger partial charge in [-0.05, 0) is 48.7 Å². The molecule has 0 spiro atoms. The van der Waals surface area contributed by atoms with Crippen molar-refractivity contribution < 1.29 is 18.4 Å². The molecule has 2 heterocycles. The number of hydrogen-bond acceptors (Lipinski definition) is 4. The van der Waals surface area contributed by atoms with E-state index in [1.807, 2.05) is 18.2 Å². The van der Waals surface area contributed by atoms with Crippen LogP contribution in [0.25, 0.3) is 0 Å². The molecular formula is C24H22F2N4O2. The summed E-state index contributed by atoms with van der Waals surface area (Å²) in [4.78, 5) is 29.1. The molecule has 0 saturated heterocycles. The molecule has 3 N–H and O–H groups in total. The van der Waals surface area contributed by atoms with Gasteiger partial charge in [0, 0.05) is 29.9 Å². The standard InChI is InChI=1S/C24H22F2N4O2/c25-19-5-3-6-20(26)22(19)30-24(32)29-14-18-11-10-17(12-27-18)23(31)16-9-8-15-4-1-2-7-21(15)28-13-16/h1-7,10-12,16,28H,8-9,13-14H2,(H2,29,30,32). The van der Waals surface area contributed by atoms with Crippen LogP contribution in [0.3, 0.4) is 0 Å². The number of pyridine rings is 1. The molecule has 1 aliphatic rings. The SMILES string of the molecule is O=C(NCc1ccc(C(=O)C2CCc3ccccc3NC2)cn1)Nc1c(F)cccc1F. The van der Waals surface area contributed by atoms with E-state index in [4.69, 9.17) is 0 Å². The first kappa shape index (κ1) is 21.4. The Hall–Kier alpha value is -3.81. The second kappa shape index (κ2) is 9.55. The topological polar surface area (TPSA) is 83.1 Å². The first-order chi connectivity index (χ1) is 15.5. The lowest BCUT2D eigenvalue weighted by Gasteiger charge is -2.14. The van der Waals surface area contributed by atoms with Gasteiger partial charge in [0.2, 0.25) is 0 Å². The summed E-state index contributed by atoms with van der Waals surface area (Å²) in [6.07, 6.45) is 3.07. The average molecular weight is 436 g/mol. The highest BCUT2D eigenvalue weighted by molar-refractivity contribution is 5.98. The predicted octanol–water partition coefficient (Wildman–Crippen LogP) is 4.54. The van der Waals surface area contributed by atoms with E-state index in [1.54, 1.807) is 12.1 Å². The minimum absolute atomic E-state index is 0.0186. The molecule has 1 atom stereocenters. The molecule has 0 radical (unpaired) electrons. The summed E-state index contributed by atoms with van der Waals surface area (Å²) in [7, 11) is 0. The third-order valence-corrected chi connectivity index (χ3v) is 5.43. The Morgan fingerprint density at radius 3 is 2.56 bits per heavy atom. The number of nitrogens with one attached hydrogen (secondary N) is 3. The monoisotopic (exact) mass is 436 g/mol. The van der Waals surface area contributed by atoms with E-state index in [0.717, 1.165) is 30.7 Å². The zero-order chi connectivity index (χ0) is 22.5. The first-order valence-electron chi connectivity index (χ1n) is 10.3. The summed E-state index contributed by atoms with van der Waals surface area (Å²) in [6, 6.07) is 13.9. The number of aryl methyl sites for hydroxylation is 1. The Balaban J connectivity index is 1.32. The van der Waals surface area contributed by atoms with Gasteiger partial charge in [-0.15, -0.1) is 0 Å². The van der Waals surface area contributed by atoms with Crippen molar-refractivity contribution in [3.05, 3.63) is 89.2 Å². The van der Waals surface area contributed by atoms with Gasteiger partial charge in [-0.3, -0.25) is 9.78 Å². The van der Waals surface area contributed by atoms with E-state index in [9.17, 15) is 18.4 Å². The maximum absolute atomic E-state index is 13.6. The van der Waals surface area contributed by atoms with Crippen molar-refractivity contribution >= 4 is 23.2 Å². The molecule has 32 heavy (non-hydrogen) atoms. The van der Waals surface area contributed by atoms with Gasteiger partial charge >= 0.3 is 6.03 Å². The number of rotatable bonds is 5. The molecule has 0 bridgehead atoms. The molecule has 0 aliphatic carbocycles. The number of benzene rings is 2. The number of hydrogen-bond donors (Lipinski definition) is 3. The number of para-hydroxylation sites is 2. The normalized spacial score (nSPS) is 15.1. The highest BCUT2D eigenvalue weighted by Gasteiger charge is 2.23. The quantitative estimate of drug-likeness (QED) is 0.513. The van der Waals surface area contributed by atoms with Gasteiger partial charge in [-0.1, -0.05) is 24.3 Å². The molecule has 2 amide bonds. The van der Waals surface area contributed by atoms with Crippen LogP contribution in [0.5, 0.6) is 0 Å². The number of anilines is 2. The Labute approximate surface area is 184 Å². The Morgan fingerprint density at radius 1 is 1.03 bits per heavy atom. The second-order valence-electron chi connectivity index (χ2n) is 7.58. The molecule has 1 aromatic heterocycles. The molecule has 3 aromatic rings. The molecule has 0 saturated carbocycles. The zero-order valence-corrected chi connectivity index (χ0v) is 17.2. The van der Waals surface area contributed by atoms with Gasteiger partial charge in [0.15, 0.2) is 5.78 Å². The molecule has 8 heteroatoms. The maximum atomic E-state index is 13.6. The predicted molar refractivity (Wildman–Crippen MR) is 118 cm³/mol. The Kier molecular flexibility index (Phi) is 6.39. The minimum atomic E-state index is -0.864. The number of urea groups is 1. The van der Waals surface area contributed by atoms with Crippen LogP contribution >= 0.6 is 0 Å². The summed E-state index contributed by atoms with van der Waals surface area (Å²) in [5.41, 5.74) is 2.77. The smallest absolute Gasteiger partial charge is 0.319 e. The summed E-state index contributed by atoms with van der Waals surface area (Å²) in [6.45, 7) is 0.600. The van der Waals surface area contributed by atoms with Crippen LogP contribution in [0.4, 0.5) is 25.0 Å². The van der Waals surface area contributed by atoms with Crippen LogP contribution in [0.15, 0.2) is 60.8 Å². The van der Waals surface area contributed by atoms with Crippen molar-refractivity contribution in [1.29, 1.82) is 0 Å². The van der Waals surface area contributed by atoms with Crippen LogP contribution in [0, 0.1) is 17.6 Å². The maximum Gasteiger partial charge on any atom is 0.319 e. The number of nitrogens with zero attached hydrogens (tertiary/aromatic N) is 1. The van der Waals surface area contributed by atoms with Crippen molar-refractivity contribution in [3.8, 4) is 0 Å². The number of aromatic nitrogens is 1. The van der Waals surface area contributed by atoms with Crippen molar-refractivity contribution in [2.75, 3.05) is 17.2 Å². The Morgan fingerprint density at radius 2 is 1.81 bits per heavy atom. The van der Waals surface area contributed by atoms with Crippen LogP contribution in [0.1, 0.15) is 28.0 Å². The number of amides is 2. The first-order valence-corrected chi connectivity index (χ1v) is 10.3. The van der Waals surface area contributed by atoms with E-state index >= 15 is 0 Å². The van der Waals surface area contributed by atoms with E-state index in [2.05, 4.69) is 27.0 Å². The zero-order valence-electron chi connectivity index (χ0n) is 17.2. The molecule has 4 rings (SSSR count). The lowest BCUT2D eigenvalue weighted by molar-refractivity contribution is 0.0921. The fraction of sp³-hybridized carbons (Fsp3) is 0.208. The molecule has 1 aliphatic heterocycles. The van der Waals surface area contributed by atoms with Crippen molar-refractivity contribution in [2.45, 2.75) is 19.4 Å². The molecule has 2 aromatic carbocycles. The fourth-order valence-corrected chi connectivity index (χ4v) is 3.66. The highest BCUT2D eigenvalue weighted by Crippen LogP contribution is 2.25. The van der Waals surface area contributed by atoms with Gasteiger partial charge in [0.1, 0.15) is 17.3 Å². The fourth-order valence-electron chi connectivity index (χ4n) is 3.66. The van der Waals surface area contributed by atoms with Crippen LogP contribution in [0.2, 0.25) is 0 Å². The lowest BCUT2D eigenvalue weighted by atomic mass is 9.93. The van der Waals surface area contributed by atoms with Gasteiger partial charge < -0.3 is 16.0 Å². The third kappa shape index (κ3) is 4.91. The van der Waals surface area contributed by atoms with Gasteiger partial charge in [-0.25, -0.2) is 13.6 Å². The van der Waals surface area contributed by atoms with Crippen LogP contribution in [-0.4, -0.2) is 23.3 Å². The summed E-state index contributed by atoms with van der Waals surface area (Å²) in [5.74, 6) is -1.87. The highest BCUT2D eigenvalue weighted by atomic mass is 19.1. The van der Waals surface area contributed by atoms with E-state index in [1.165, 1.54) is 17.8 Å². The number of carbonyl (C=O) groups is 2. The number of halogens is 2. The van der Waals surface area contributed by atoms with Gasteiger partial charge in [0.05, 0.1) is 12.2 Å². The van der Waals surface area contributed by atoms with Crippen molar-refractivity contribution in [1.82, 2.24) is 10.3 Å². The molecule has 1 unspecified atom stereocenters. The van der Waals surface area contributed by atoms with E-state index in [-0.39, 0.29) is 18.2 Å². The summed E-state index contributed by atoms with van der Waals surface area (Å²) in [5, 5.41) is 7.99. The van der Waals surface area contributed by atoms with Crippen LogP contribution in [-0.2, 0) is 13.0 Å². The van der Waals surface area contributed by atoms with E-state index in [0.29, 0.717) is 17.8 Å². The molecular weight excluding hydrogens is 414 g/mol. The third-order valence-electron chi connectivity index (χ3n) is 5.43. The van der Waals surface area contributed by atoms with Crippen molar-refractivity contribution in [3.63, 3.8) is 0 Å². The molecule has 164 valence electrons. The molecule has 0 fully saturated rings. The second-order valence-corrected chi connectivity index (χ2v) is 7.58. The minimum Gasteiger partial charge on any atom is -0.384 e. The average Bonchev–Trinajstić information content (AvgIpc) is 3.03.